The third-order valence-electron chi connectivity index (χ3n) is 2.54. The lowest BCUT2D eigenvalue weighted by Crippen LogP contribution is -2.32. The van der Waals surface area contributed by atoms with E-state index in [4.69, 9.17) is 0 Å². The van der Waals surface area contributed by atoms with Gasteiger partial charge in [0.1, 0.15) is 0 Å². The number of aliphatic hydroxyl groups is 1. The molecule has 0 saturated carbocycles. The number of carbonyl (C=O) groups is 1. The Morgan fingerprint density at radius 1 is 1.53 bits per heavy atom. The van der Waals surface area contributed by atoms with Crippen molar-refractivity contribution >= 4 is 23.1 Å². The summed E-state index contributed by atoms with van der Waals surface area (Å²) in [5.74, 6) is 0. The molecular weight excluding hydrogens is 262 g/mol. The molecule has 0 aromatic carbocycles. The minimum atomic E-state index is -0.684. The maximum absolute atomic E-state index is 11.6. The van der Waals surface area contributed by atoms with E-state index in [9.17, 15) is 9.90 Å². The number of nitrogens with zero attached hydrogens (tertiary/aromatic N) is 1. The molecule has 5 nitrogen and oxygen atoms in total. The number of thiophene rings is 1. The molecule has 0 aliphatic rings. The summed E-state index contributed by atoms with van der Waals surface area (Å²) < 4.78 is 0. The van der Waals surface area contributed by atoms with Crippen molar-refractivity contribution in [3.63, 3.8) is 0 Å². The molecule has 2 rings (SSSR count). The SMILES string of the molecule is Cc1cc(NC(=O)NCC(O)c2ccsc2)ccn1. The van der Waals surface area contributed by atoms with Gasteiger partial charge >= 0.3 is 6.03 Å². The van der Waals surface area contributed by atoms with Gasteiger partial charge in [0, 0.05) is 24.1 Å². The minimum absolute atomic E-state index is 0.173. The fourth-order valence-electron chi connectivity index (χ4n) is 1.57. The Morgan fingerprint density at radius 2 is 2.37 bits per heavy atom. The Labute approximate surface area is 115 Å². The molecule has 0 bridgehead atoms. The topological polar surface area (TPSA) is 74.2 Å². The highest BCUT2D eigenvalue weighted by Gasteiger charge is 2.09. The number of carbonyl (C=O) groups excluding carboxylic acids is 1. The number of urea groups is 1. The molecule has 2 heterocycles. The van der Waals surface area contributed by atoms with Crippen LogP contribution in [0.25, 0.3) is 0 Å². The zero-order valence-electron chi connectivity index (χ0n) is 10.5. The predicted molar refractivity (Wildman–Crippen MR) is 75.3 cm³/mol. The normalized spacial score (nSPS) is 11.9. The summed E-state index contributed by atoms with van der Waals surface area (Å²) in [6, 6.07) is 4.97. The van der Waals surface area contributed by atoms with Crippen LogP contribution in [0.15, 0.2) is 35.2 Å². The monoisotopic (exact) mass is 277 g/mol. The number of aromatic nitrogens is 1. The first-order chi connectivity index (χ1) is 9.15. The average Bonchev–Trinajstić information content (AvgIpc) is 2.90. The van der Waals surface area contributed by atoms with Crippen LogP contribution in [0.5, 0.6) is 0 Å². The maximum atomic E-state index is 11.6. The van der Waals surface area contributed by atoms with Crippen molar-refractivity contribution in [1.82, 2.24) is 10.3 Å². The molecule has 0 fully saturated rings. The number of anilines is 1. The van der Waals surface area contributed by atoms with Crippen LogP contribution in [-0.4, -0.2) is 22.7 Å². The van der Waals surface area contributed by atoms with Gasteiger partial charge < -0.3 is 15.7 Å². The van der Waals surface area contributed by atoms with Crippen molar-refractivity contribution in [3.05, 3.63) is 46.4 Å². The van der Waals surface area contributed by atoms with Crippen molar-refractivity contribution < 1.29 is 9.90 Å². The van der Waals surface area contributed by atoms with Crippen molar-refractivity contribution in [2.24, 2.45) is 0 Å². The number of aliphatic hydroxyl groups excluding tert-OH is 1. The Balaban J connectivity index is 1.82. The van der Waals surface area contributed by atoms with Crippen LogP contribution in [0.2, 0.25) is 0 Å². The van der Waals surface area contributed by atoms with E-state index in [1.165, 1.54) is 11.3 Å². The minimum Gasteiger partial charge on any atom is -0.387 e. The molecule has 2 amide bonds. The highest BCUT2D eigenvalue weighted by molar-refractivity contribution is 7.07. The van der Waals surface area contributed by atoms with Gasteiger partial charge in [-0.25, -0.2) is 4.79 Å². The number of hydrogen-bond acceptors (Lipinski definition) is 4. The Kier molecular flexibility index (Phi) is 4.48. The molecule has 1 atom stereocenters. The molecular formula is C13H15N3O2S. The summed E-state index contributed by atoms with van der Waals surface area (Å²) >= 11 is 1.51. The fraction of sp³-hybridized carbons (Fsp3) is 0.231. The summed E-state index contributed by atoms with van der Waals surface area (Å²) in [7, 11) is 0. The molecule has 0 saturated heterocycles. The fourth-order valence-corrected chi connectivity index (χ4v) is 2.28. The zero-order valence-corrected chi connectivity index (χ0v) is 11.3. The molecule has 100 valence electrons. The van der Waals surface area contributed by atoms with Gasteiger partial charge in [-0.3, -0.25) is 4.98 Å². The van der Waals surface area contributed by atoms with E-state index in [2.05, 4.69) is 15.6 Å². The van der Waals surface area contributed by atoms with E-state index in [1.807, 2.05) is 23.8 Å². The van der Waals surface area contributed by atoms with Gasteiger partial charge in [0.15, 0.2) is 0 Å². The lowest BCUT2D eigenvalue weighted by atomic mass is 10.2. The summed E-state index contributed by atoms with van der Waals surface area (Å²) in [4.78, 5) is 15.7. The smallest absolute Gasteiger partial charge is 0.319 e. The molecule has 2 aromatic heterocycles. The molecule has 6 heteroatoms. The van der Waals surface area contributed by atoms with Gasteiger partial charge in [-0.05, 0) is 41.4 Å². The van der Waals surface area contributed by atoms with Crippen LogP contribution in [0.3, 0.4) is 0 Å². The van der Waals surface area contributed by atoms with E-state index < -0.39 is 6.10 Å². The molecule has 3 N–H and O–H groups in total. The van der Waals surface area contributed by atoms with E-state index in [0.29, 0.717) is 5.69 Å². The Bertz CT molecular complexity index is 543. The van der Waals surface area contributed by atoms with Crippen LogP contribution >= 0.6 is 11.3 Å². The van der Waals surface area contributed by atoms with Crippen LogP contribution in [0.4, 0.5) is 10.5 Å². The van der Waals surface area contributed by atoms with Crippen molar-refractivity contribution in [3.8, 4) is 0 Å². The first-order valence-corrected chi connectivity index (χ1v) is 6.77. The van der Waals surface area contributed by atoms with Crippen LogP contribution < -0.4 is 10.6 Å². The molecule has 19 heavy (non-hydrogen) atoms. The van der Waals surface area contributed by atoms with Gasteiger partial charge in [-0.1, -0.05) is 0 Å². The molecule has 0 radical (unpaired) electrons. The molecule has 0 spiro atoms. The van der Waals surface area contributed by atoms with Gasteiger partial charge in [0.05, 0.1) is 6.10 Å². The molecule has 0 aliphatic heterocycles. The Morgan fingerprint density at radius 3 is 3.05 bits per heavy atom. The second-order valence-electron chi connectivity index (χ2n) is 4.09. The van der Waals surface area contributed by atoms with E-state index >= 15 is 0 Å². The zero-order chi connectivity index (χ0) is 13.7. The largest absolute Gasteiger partial charge is 0.387 e. The number of aryl methyl sites for hydroxylation is 1. The summed E-state index contributed by atoms with van der Waals surface area (Å²) in [6.45, 7) is 2.02. The summed E-state index contributed by atoms with van der Waals surface area (Å²) in [6.07, 6.45) is 0.946. The predicted octanol–water partition coefficient (Wildman–Crippen LogP) is 2.31. The van der Waals surface area contributed by atoms with Crippen LogP contribution in [-0.2, 0) is 0 Å². The Hall–Kier alpha value is -1.92. The van der Waals surface area contributed by atoms with E-state index in [0.717, 1.165) is 11.3 Å². The molecule has 0 aliphatic carbocycles. The van der Waals surface area contributed by atoms with E-state index in [1.54, 1.807) is 18.3 Å². The van der Waals surface area contributed by atoms with E-state index in [-0.39, 0.29) is 12.6 Å². The first-order valence-electron chi connectivity index (χ1n) is 5.83. The summed E-state index contributed by atoms with van der Waals surface area (Å²) in [5, 5.41) is 18.9. The number of amides is 2. The third-order valence-corrected chi connectivity index (χ3v) is 3.24. The highest BCUT2D eigenvalue weighted by Crippen LogP contribution is 2.15. The van der Waals surface area contributed by atoms with Crippen molar-refractivity contribution in [2.45, 2.75) is 13.0 Å². The van der Waals surface area contributed by atoms with Gasteiger partial charge in [-0.2, -0.15) is 11.3 Å². The quantitative estimate of drug-likeness (QED) is 0.803. The summed E-state index contributed by atoms with van der Waals surface area (Å²) in [5.41, 5.74) is 2.32. The standard InChI is InChI=1S/C13H15N3O2S/c1-9-6-11(2-4-14-9)16-13(18)15-7-12(17)10-3-5-19-8-10/h2-6,8,12,17H,7H2,1H3,(H2,14,15,16,18). The highest BCUT2D eigenvalue weighted by atomic mass is 32.1. The van der Waals surface area contributed by atoms with Crippen molar-refractivity contribution in [2.75, 3.05) is 11.9 Å². The second-order valence-corrected chi connectivity index (χ2v) is 4.87. The van der Waals surface area contributed by atoms with Crippen LogP contribution in [0.1, 0.15) is 17.4 Å². The van der Waals surface area contributed by atoms with Gasteiger partial charge in [-0.15, -0.1) is 0 Å². The van der Waals surface area contributed by atoms with Gasteiger partial charge in [0.25, 0.3) is 0 Å². The third kappa shape index (κ3) is 4.04. The van der Waals surface area contributed by atoms with Crippen LogP contribution in [0, 0.1) is 6.92 Å². The number of hydrogen-bond donors (Lipinski definition) is 3. The number of pyridine rings is 1. The molecule has 2 aromatic rings. The number of nitrogens with one attached hydrogen (secondary N) is 2. The van der Waals surface area contributed by atoms with Crippen molar-refractivity contribution in [1.29, 1.82) is 0 Å². The average molecular weight is 277 g/mol. The lowest BCUT2D eigenvalue weighted by Gasteiger charge is -2.11. The second kappa shape index (κ2) is 6.31. The lowest BCUT2D eigenvalue weighted by molar-refractivity contribution is 0.175. The number of rotatable bonds is 4. The van der Waals surface area contributed by atoms with Gasteiger partial charge in [0.2, 0.25) is 0 Å². The first kappa shape index (κ1) is 13.5. The molecule has 1 unspecified atom stereocenters. The maximum Gasteiger partial charge on any atom is 0.319 e.